The van der Waals surface area contributed by atoms with Crippen molar-refractivity contribution in [1.29, 1.82) is 0 Å². The first-order valence-electron chi connectivity index (χ1n) is 11.1. The van der Waals surface area contributed by atoms with Crippen LogP contribution in [0.15, 0.2) is 27.8 Å². The van der Waals surface area contributed by atoms with E-state index in [2.05, 4.69) is 4.98 Å². The summed E-state index contributed by atoms with van der Waals surface area (Å²) in [7, 11) is 4.51. The molecule has 34 heavy (non-hydrogen) atoms. The summed E-state index contributed by atoms with van der Waals surface area (Å²) in [6, 6.07) is 3.40. The number of rotatable bonds is 11. The Kier molecular flexibility index (Phi) is 9.35. The Labute approximate surface area is 198 Å². The van der Waals surface area contributed by atoms with E-state index in [0.717, 1.165) is 6.42 Å². The lowest BCUT2D eigenvalue weighted by Crippen LogP contribution is -2.41. The molecule has 0 aliphatic carbocycles. The summed E-state index contributed by atoms with van der Waals surface area (Å²) in [5, 5.41) is 0. The number of unbranched alkanes of at least 4 members (excludes halogenated alkanes) is 1. The lowest BCUT2D eigenvalue weighted by Gasteiger charge is -2.23. The number of carbonyl (C=O) groups is 1. The summed E-state index contributed by atoms with van der Waals surface area (Å²) in [6.07, 6.45) is 4.36. The highest BCUT2D eigenvalue weighted by Gasteiger charge is 2.23. The molecular weight excluding hydrogens is 440 g/mol. The van der Waals surface area contributed by atoms with Crippen molar-refractivity contribution >= 4 is 23.5 Å². The van der Waals surface area contributed by atoms with E-state index in [9.17, 15) is 14.4 Å². The predicted octanol–water partition coefficient (Wildman–Crippen LogP) is 2.65. The van der Waals surface area contributed by atoms with Crippen LogP contribution in [0.25, 0.3) is 6.08 Å². The molecule has 10 heteroatoms. The van der Waals surface area contributed by atoms with E-state index in [1.807, 2.05) is 20.8 Å². The second-order valence-electron chi connectivity index (χ2n) is 8.13. The zero-order valence-electron chi connectivity index (χ0n) is 20.6. The minimum atomic E-state index is -0.701. The van der Waals surface area contributed by atoms with Crippen LogP contribution < -0.4 is 36.1 Å². The summed E-state index contributed by atoms with van der Waals surface area (Å²) in [4.78, 5) is 41.9. The molecule has 0 bridgehead atoms. The van der Waals surface area contributed by atoms with Gasteiger partial charge in [-0.05, 0) is 36.1 Å². The van der Waals surface area contributed by atoms with Gasteiger partial charge in [0.2, 0.25) is 5.75 Å². The van der Waals surface area contributed by atoms with Crippen LogP contribution in [0.1, 0.15) is 39.2 Å². The molecule has 0 spiro atoms. The maximum absolute atomic E-state index is 13.2. The number of hydrogen-bond donors (Lipinski definition) is 2. The van der Waals surface area contributed by atoms with Crippen molar-refractivity contribution < 1.29 is 19.0 Å². The van der Waals surface area contributed by atoms with E-state index in [4.69, 9.17) is 19.9 Å². The van der Waals surface area contributed by atoms with Gasteiger partial charge in [0.15, 0.2) is 17.2 Å². The first-order valence-corrected chi connectivity index (χ1v) is 11.1. The third-order valence-corrected chi connectivity index (χ3v) is 5.14. The molecule has 0 saturated heterocycles. The van der Waals surface area contributed by atoms with Gasteiger partial charge in [-0.25, -0.2) is 4.79 Å². The zero-order valence-corrected chi connectivity index (χ0v) is 20.6. The molecule has 1 aromatic carbocycles. The number of nitrogen functional groups attached to an aromatic ring is 1. The summed E-state index contributed by atoms with van der Waals surface area (Å²) in [5.74, 6) is 0.946. The topological polar surface area (TPSA) is 129 Å². The average Bonchev–Trinajstić information content (AvgIpc) is 2.81. The summed E-state index contributed by atoms with van der Waals surface area (Å²) in [6.45, 7) is 6.41. The monoisotopic (exact) mass is 474 g/mol. The van der Waals surface area contributed by atoms with Crippen molar-refractivity contribution in [2.45, 2.75) is 40.2 Å². The van der Waals surface area contributed by atoms with E-state index in [1.165, 1.54) is 36.9 Å². The number of ether oxygens (including phenoxy) is 3. The molecule has 0 saturated carbocycles. The minimum Gasteiger partial charge on any atom is -0.493 e. The number of benzene rings is 1. The highest BCUT2D eigenvalue weighted by atomic mass is 16.5. The highest BCUT2D eigenvalue weighted by molar-refractivity contribution is 6.05. The molecule has 2 aromatic rings. The van der Waals surface area contributed by atoms with Gasteiger partial charge in [0, 0.05) is 19.2 Å². The Morgan fingerprint density at radius 3 is 2.26 bits per heavy atom. The van der Waals surface area contributed by atoms with Gasteiger partial charge >= 0.3 is 5.69 Å². The number of H-pyrrole nitrogens is 1. The third-order valence-electron chi connectivity index (χ3n) is 5.14. The molecular formula is C24H34N4O6. The lowest BCUT2D eigenvalue weighted by molar-refractivity contribution is -0.114. The minimum absolute atomic E-state index is 0.0340. The number of hydrogen-bond acceptors (Lipinski definition) is 7. The van der Waals surface area contributed by atoms with Crippen molar-refractivity contribution in [3.8, 4) is 17.2 Å². The van der Waals surface area contributed by atoms with Crippen molar-refractivity contribution in [2.75, 3.05) is 38.5 Å². The SMILES string of the molecule is CCCCN(C(=O)/C=C/c1cc(OC)c(OC)c(OC)c1)c1c(N)n(CC(C)C)c(=O)[nH]c1=O. The molecule has 0 aliphatic rings. The number of aromatic amines is 1. The van der Waals surface area contributed by atoms with Gasteiger partial charge in [-0.3, -0.25) is 19.1 Å². The third kappa shape index (κ3) is 6.00. The van der Waals surface area contributed by atoms with E-state index in [0.29, 0.717) is 35.8 Å². The second kappa shape index (κ2) is 12.0. The lowest BCUT2D eigenvalue weighted by atomic mass is 10.1. The quantitative estimate of drug-likeness (QED) is 0.479. The van der Waals surface area contributed by atoms with Gasteiger partial charge in [-0.15, -0.1) is 0 Å². The van der Waals surface area contributed by atoms with E-state index >= 15 is 0 Å². The maximum Gasteiger partial charge on any atom is 0.330 e. The molecule has 0 unspecified atom stereocenters. The van der Waals surface area contributed by atoms with E-state index < -0.39 is 17.2 Å². The molecule has 0 fully saturated rings. The molecule has 1 amide bonds. The number of nitrogens with zero attached hydrogens (tertiary/aromatic N) is 2. The standard InChI is InChI=1S/C24H34N4O6/c1-7-8-11-27(20-22(25)28(14-15(2)3)24(31)26-23(20)30)19(29)10-9-16-12-17(32-4)21(34-6)18(13-16)33-5/h9-10,12-13,15H,7-8,11,14,25H2,1-6H3,(H,26,30,31)/b10-9+. The van der Waals surface area contributed by atoms with Gasteiger partial charge in [-0.2, -0.15) is 0 Å². The maximum atomic E-state index is 13.2. The van der Waals surface area contributed by atoms with Crippen molar-refractivity contribution in [3.05, 3.63) is 44.6 Å². The first-order chi connectivity index (χ1) is 16.2. The molecule has 2 rings (SSSR count). The molecule has 3 N–H and O–H groups in total. The Balaban J connectivity index is 2.52. The van der Waals surface area contributed by atoms with Crippen molar-refractivity contribution in [3.63, 3.8) is 0 Å². The van der Waals surface area contributed by atoms with Crippen LogP contribution in [-0.2, 0) is 11.3 Å². The normalized spacial score (nSPS) is 11.1. The fraction of sp³-hybridized carbons (Fsp3) is 0.458. The average molecular weight is 475 g/mol. The van der Waals surface area contributed by atoms with E-state index in [-0.39, 0.29) is 24.0 Å². The summed E-state index contributed by atoms with van der Waals surface area (Å²) in [5.41, 5.74) is 5.53. The number of methoxy groups -OCH3 is 3. The number of nitrogens with one attached hydrogen (secondary N) is 1. The van der Waals surface area contributed by atoms with Crippen molar-refractivity contribution in [1.82, 2.24) is 9.55 Å². The first kappa shape index (κ1) is 26.6. The summed E-state index contributed by atoms with van der Waals surface area (Å²) >= 11 is 0. The van der Waals surface area contributed by atoms with Crippen LogP contribution in [0, 0.1) is 5.92 Å². The number of aromatic nitrogens is 2. The fourth-order valence-corrected chi connectivity index (χ4v) is 3.49. The second-order valence-corrected chi connectivity index (χ2v) is 8.13. The Morgan fingerprint density at radius 2 is 1.76 bits per heavy atom. The number of amides is 1. The number of carbonyl (C=O) groups excluding carboxylic acids is 1. The Morgan fingerprint density at radius 1 is 1.15 bits per heavy atom. The fourth-order valence-electron chi connectivity index (χ4n) is 3.49. The van der Waals surface area contributed by atoms with Gasteiger partial charge in [-0.1, -0.05) is 27.2 Å². The largest absolute Gasteiger partial charge is 0.493 e. The molecule has 0 aliphatic heterocycles. The van der Waals surface area contributed by atoms with Crippen LogP contribution in [-0.4, -0.2) is 43.3 Å². The van der Waals surface area contributed by atoms with Crippen LogP contribution in [0.3, 0.4) is 0 Å². The Hall–Kier alpha value is -3.69. The zero-order chi connectivity index (χ0) is 25.4. The number of anilines is 2. The van der Waals surface area contributed by atoms with Crippen LogP contribution in [0.5, 0.6) is 17.2 Å². The molecule has 186 valence electrons. The van der Waals surface area contributed by atoms with Crippen LogP contribution in [0.2, 0.25) is 0 Å². The van der Waals surface area contributed by atoms with Crippen LogP contribution >= 0.6 is 0 Å². The van der Waals surface area contributed by atoms with Crippen LogP contribution in [0.4, 0.5) is 11.5 Å². The summed E-state index contributed by atoms with van der Waals surface area (Å²) < 4.78 is 17.3. The molecule has 1 aromatic heterocycles. The smallest absolute Gasteiger partial charge is 0.330 e. The predicted molar refractivity (Wildman–Crippen MR) is 133 cm³/mol. The van der Waals surface area contributed by atoms with Gasteiger partial charge < -0.3 is 24.8 Å². The Bertz CT molecular complexity index is 1120. The molecule has 0 atom stereocenters. The molecule has 0 radical (unpaired) electrons. The van der Waals surface area contributed by atoms with Gasteiger partial charge in [0.05, 0.1) is 21.3 Å². The van der Waals surface area contributed by atoms with E-state index in [1.54, 1.807) is 18.2 Å². The van der Waals surface area contributed by atoms with Gasteiger partial charge in [0.25, 0.3) is 11.5 Å². The molecule has 1 heterocycles. The number of nitrogens with two attached hydrogens (primary N) is 1. The van der Waals surface area contributed by atoms with Gasteiger partial charge in [0.1, 0.15) is 5.82 Å². The highest BCUT2D eigenvalue weighted by Crippen LogP contribution is 2.38. The molecule has 10 nitrogen and oxygen atoms in total. The van der Waals surface area contributed by atoms with Crippen molar-refractivity contribution in [2.24, 2.45) is 5.92 Å².